The van der Waals surface area contributed by atoms with E-state index in [1.54, 1.807) is 16.9 Å². The van der Waals surface area contributed by atoms with E-state index in [-0.39, 0.29) is 5.56 Å². The van der Waals surface area contributed by atoms with Crippen molar-refractivity contribution in [1.29, 1.82) is 0 Å². The SMILES string of the molecule is Cc1cnn(C2CCCCC2)c(=O)c1. The van der Waals surface area contributed by atoms with Crippen LogP contribution in [0.15, 0.2) is 17.1 Å². The summed E-state index contributed by atoms with van der Waals surface area (Å²) < 4.78 is 1.66. The highest BCUT2D eigenvalue weighted by Gasteiger charge is 2.16. The van der Waals surface area contributed by atoms with E-state index in [0.717, 1.165) is 18.4 Å². The van der Waals surface area contributed by atoms with Crippen LogP contribution in [0.4, 0.5) is 0 Å². The molecule has 0 unspecified atom stereocenters. The molecule has 0 atom stereocenters. The Labute approximate surface area is 83.8 Å². The first-order chi connectivity index (χ1) is 6.77. The monoisotopic (exact) mass is 192 g/mol. The minimum Gasteiger partial charge on any atom is -0.268 e. The molecule has 0 spiro atoms. The van der Waals surface area contributed by atoms with Crippen molar-refractivity contribution in [2.45, 2.75) is 45.1 Å². The molecule has 1 aliphatic carbocycles. The summed E-state index contributed by atoms with van der Waals surface area (Å²) in [6.45, 7) is 1.90. The van der Waals surface area contributed by atoms with Crippen LogP contribution in [-0.4, -0.2) is 9.78 Å². The molecule has 1 fully saturated rings. The first kappa shape index (κ1) is 9.44. The van der Waals surface area contributed by atoms with Crippen LogP contribution in [-0.2, 0) is 0 Å². The lowest BCUT2D eigenvalue weighted by Crippen LogP contribution is -2.28. The van der Waals surface area contributed by atoms with Crippen LogP contribution in [0.3, 0.4) is 0 Å². The fraction of sp³-hybridized carbons (Fsp3) is 0.636. The molecule has 0 aliphatic heterocycles. The second kappa shape index (κ2) is 3.95. The van der Waals surface area contributed by atoms with Gasteiger partial charge in [0.1, 0.15) is 0 Å². The molecule has 0 radical (unpaired) electrons. The summed E-state index contributed by atoms with van der Waals surface area (Å²) >= 11 is 0. The van der Waals surface area contributed by atoms with Crippen molar-refractivity contribution >= 4 is 0 Å². The molecule has 0 N–H and O–H groups in total. The van der Waals surface area contributed by atoms with Crippen LogP contribution in [0.25, 0.3) is 0 Å². The van der Waals surface area contributed by atoms with E-state index in [0.29, 0.717) is 6.04 Å². The van der Waals surface area contributed by atoms with Crippen LogP contribution >= 0.6 is 0 Å². The van der Waals surface area contributed by atoms with Gasteiger partial charge >= 0.3 is 0 Å². The molecule has 0 saturated heterocycles. The molecule has 3 nitrogen and oxygen atoms in total. The van der Waals surface area contributed by atoms with E-state index in [1.807, 2.05) is 6.92 Å². The minimum absolute atomic E-state index is 0.0527. The number of nitrogens with zero attached hydrogens (tertiary/aromatic N) is 2. The van der Waals surface area contributed by atoms with Gasteiger partial charge < -0.3 is 0 Å². The maximum Gasteiger partial charge on any atom is 0.267 e. The molecule has 1 aromatic rings. The van der Waals surface area contributed by atoms with Crippen LogP contribution < -0.4 is 5.56 Å². The topological polar surface area (TPSA) is 34.9 Å². The normalized spacial score (nSPS) is 18.4. The van der Waals surface area contributed by atoms with Crippen LogP contribution in [0.2, 0.25) is 0 Å². The third-order valence-corrected chi connectivity index (χ3v) is 2.88. The number of aryl methyl sites for hydroxylation is 1. The van der Waals surface area contributed by atoms with Gasteiger partial charge in [-0.2, -0.15) is 5.10 Å². The second-order valence-electron chi connectivity index (χ2n) is 4.11. The van der Waals surface area contributed by atoms with Gasteiger partial charge in [-0.15, -0.1) is 0 Å². The Morgan fingerprint density at radius 3 is 2.71 bits per heavy atom. The fourth-order valence-corrected chi connectivity index (χ4v) is 2.11. The van der Waals surface area contributed by atoms with Gasteiger partial charge in [-0.25, -0.2) is 4.68 Å². The number of rotatable bonds is 1. The average Bonchev–Trinajstić information content (AvgIpc) is 2.19. The van der Waals surface area contributed by atoms with Crippen molar-refractivity contribution in [3.63, 3.8) is 0 Å². The summed E-state index contributed by atoms with van der Waals surface area (Å²) in [6, 6.07) is 2.01. The summed E-state index contributed by atoms with van der Waals surface area (Å²) in [7, 11) is 0. The molecule has 0 bridgehead atoms. The van der Waals surface area contributed by atoms with E-state index in [1.165, 1.54) is 19.3 Å². The van der Waals surface area contributed by atoms with Gasteiger partial charge in [0.25, 0.3) is 5.56 Å². The first-order valence-electron chi connectivity index (χ1n) is 5.33. The Hall–Kier alpha value is -1.12. The Balaban J connectivity index is 2.26. The van der Waals surface area contributed by atoms with Gasteiger partial charge in [0.2, 0.25) is 0 Å². The van der Waals surface area contributed by atoms with Crippen LogP contribution in [0.5, 0.6) is 0 Å². The molecule has 1 heterocycles. The van der Waals surface area contributed by atoms with Gasteiger partial charge in [0.05, 0.1) is 12.2 Å². The summed E-state index contributed by atoms with van der Waals surface area (Å²) in [5, 5.41) is 4.21. The summed E-state index contributed by atoms with van der Waals surface area (Å²) in [4.78, 5) is 11.6. The third-order valence-electron chi connectivity index (χ3n) is 2.88. The zero-order chi connectivity index (χ0) is 9.97. The van der Waals surface area contributed by atoms with Crippen molar-refractivity contribution in [3.8, 4) is 0 Å². The number of hydrogen-bond donors (Lipinski definition) is 0. The highest BCUT2D eigenvalue weighted by atomic mass is 16.1. The minimum atomic E-state index is 0.0527. The predicted molar refractivity (Wildman–Crippen MR) is 55.4 cm³/mol. The molecule has 1 aliphatic rings. The molecule has 1 saturated carbocycles. The third kappa shape index (κ3) is 1.86. The Bertz CT molecular complexity index is 364. The number of aromatic nitrogens is 2. The van der Waals surface area contributed by atoms with E-state index >= 15 is 0 Å². The highest BCUT2D eigenvalue weighted by Crippen LogP contribution is 2.25. The van der Waals surface area contributed by atoms with E-state index < -0.39 is 0 Å². The van der Waals surface area contributed by atoms with Crippen molar-refractivity contribution in [1.82, 2.24) is 9.78 Å². The second-order valence-corrected chi connectivity index (χ2v) is 4.11. The molecular formula is C11H16N2O. The van der Waals surface area contributed by atoms with E-state index in [2.05, 4.69) is 5.10 Å². The smallest absolute Gasteiger partial charge is 0.267 e. The van der Waals surface area contributed by atoms with Crippen molar-refractivity contribution in [2.24, 2.45) is 0 Å². The van der Waals surface area contributed by atoms with Crippen LogP contribution in [0, 0.1) is 6.92 Å². The molecule has 1 aromatic heterocycles. The van der Waals surface area contributed by atoms with Crippen LogP contribution in [0.1, 0.15) is 43.7 Å². The Kier molecular flexibility index (Phi) is 2.66. The lowest BCUT2D eigenvalue weighted by atomic mass is 9.96. The van der Waals surface area contributed by atoms with Gasteiger partial charge in [0, 0.05) is 6.07 Å². The molecule has 2 rings (SSSR count). The molecule has 76 valence electrons. The van der Waals surface area contributed by atoms with Gasteiger partial charge in [-0.05, 0) is 25.3 Å². The highest BCUT2D eigenvalue weighted by molar-refractivity contribution is 5.03. The Morgan fingerprint density at radius 1 is 1.36 bits per heavy atom. The van der Waals surface area contributed by atoms with E-state index in [9.17, 15) is 4.79 Å². The zero-order valence-electron chi connectivity index (χ0n) is 8.57. The van der Waals surface area contributed by atoms with Crippen molar-refractivity contribution in [2.75, 3.05) is 0 Å². The summed E-state index contributed by atoms with van der Waals surface area (Å²) in [5.41, 5.74) is 0.999. The fourth-order valence-electron chi connectivity index (χ4n) is 2.11. The quantitative estimate of drug-likeness (QED) is 0.682. The van der Waals surface area contributed by atoms with Gasteiger partial charge in [-0.3, -0.25) is 4.79 Å². The lowest BCUT2D eigenvalue weighted by molar-refractivity contribution is 0.318. The molecular weight excluding hydrogens is 176 g/mol. The Morgan fingerprint density at radius 2 is 2.07 bits per heavy atom. The van der Waals surface area contributed by atoms with E-state index in [4.69, 9.17) is 0 Å². The summed E-state index contributed by atoms with van der Waals surface area (Å²) in [5.74, 6) is 0. The molecule has 0 amide bonds. The standard InChI is InChI=1S/C11H16N2O/c1-9-7-11(14)13(12-8-9)10-5-3-2-4-6-10/h7-8,10H,2-6H2,1H3. The van der Waals surface area contributed by atoms with Gasteiger partial charge in [-0.1, -0.05) is 19.3 Å². The maximum atomic E-state index is 11.6. The largest absolute Gasteiger partial charge is 0.268 e. The molecule has 0 aromatic carbocycles. The molecule has 3 heteroatoms. The van der Waals surface area contributed by atoms with Crippen molar-refractivity contribution < 1.29 is 0 Å². The maximum absolute atomic E-state index is 11.6. The number of hydrogen-bond acceptors (Lipinski definition) is 2. The zero-order valence-corrected chi connectivity index (χ0v) is 8.57. The lowest BCUT2D eigenvalue weighted by Gasteiger charge is -2.22. The predicted octanol–water partition coefficient (Wildman–Crippen LogP) is 2.06. The molecule has 14 heavy (non-hydrogen) atoms. The average molecular weight is 192 g/mol. The van der Waals surface area contributed by atoms with Crippen molar-refractivity contribution in [3.05, 3.63) is 28.2 Å². The first-order valence-corrected chi connectivity index (χ1v) is 5.33. The van der Waals surface area contributed by atoms with Gasteiger partial charge in [0.15, 0.2) is 0 Å². The summed E-state index contributed by atoms with van der Waals surface area (Å²) in [6.07, 6.45) is 7.75.